The molecule has 7 heteroatoms. The number of nitrogens with zero attached hydrogens (tertiary/aromatic N) is 1. The van der Waals surface area contributed by atoms with Crippen LogP contribution in [0.3, 0.4) is 0 Å². The van der Waals surface area contributed by atoms with E-state index in [1.807, 2.05) is 20.8 Å². The number of carbonyl (C=O) groups excluding carboxylic acids is 2. The van der Waals surface area contributed by atoms with Gasteiger partial charge < -0.3 is 21.1 Å². The lowest BCUT2D eigenvalue weighted by molar-refractivity contribution is -0.145. The fourth-order valence-electron chi connectivity index (χ4n) is 2.92. The highest BCUT2D eigenvalue weighted by molar-refractivity contribution is 5.92. The van der Waals surface area contributed by atoms with Crippen molar-refractivity contribution in [3.05, 3.63) is 0 Å². The molecule has 0 spiro atoms. The van der Waals surface area contributed by atoms with Crippen molar-refractivity contribution in [2.45, 2.75) is 71.5 Å². The van der Waals surface area contributed by atoms with Crippen LogP contribution in [-0.2, 0) is 14.4 Å². The number of hydrogen-bond donors (Lipinski definition) is 3. The number of carboxylic acids is 1. The molecule has 0 aromatic carbocycles. The van der Waals surface area contributed by atoms with Gasteiger partial charge in [0.15, 0.2) is 0 Å². The molecule has 0 unspecified atom stereocenters. The highest BCUT2D eigenvalue weighted by Crippen LogP contribution is 2.21. The van der Waals surface area contributed by atoms with Crippen LogP contribution >= 0.6 is 0 Å². The number of nitrogens with two attached hydrogens (primary N) is 1. The molecule has 1 rings (SSSR count). The molecule has 0 aromatic rings. The number of nitrogens with one attached hydrogen (secondary N) is 1. The fourth-order valence-corrected chi connectivity index (χ4v) is 2.92. The molecule has 1 aliphatic rings. The summed E-state index contributed by atoms with van der Waals surface area (Å²) in [4.78, 5) is 38.0. The van der Waals surface area contributed by atoms with Crippen LogP contribution in [0.5, 0.6) is 0 Å². The van der Waals surface area contributed by atoms with Crippen molar-refractivity contribution in [2.75, 3.05) is 6.54 Å². The number of rotatable bonds is 8. The molecule has 0 saturated carbocycles. The number of amides is 2. The minimum atomic E-state index is -1.05. The lowest BCUT2D eigenvalue weighted by Gasteiger charge is -2.30. The van der Waals surface area contributed by atoms with Gasteiger partial charge in [-0.15, -0.1) is 0 Å². The molecule has 0 aliphatic carbocycles. The Morgan fingerprint density at radius 1 is 1.21 bits per heavy atom. The van der Waals surface area contributed by atoms with Gasteiger partial charge in [0, 0.05) is 6.54 Å². The summed E-state index contributed by atoms with van der Waals surface area (Å²) < 4.78 is 0. The topological polar surface area (TPSA) is 113 Å². The van der Waals surface area contributed by atoms with Crippen molar-refractivity contribution in [2.24, 2.45) is 17.6 Å². The van der Waals surface area contributed by atoms with E-state index in [2.05, 4.69) is 5.32 Å². The second-order valence-corrected chi connectivity index (χ2v) is 6.81. The van der Waals surface area contributed by atoms with E-state index < -0.39 is 30.0 Å². The van der Waals surface area contributed by atoms with Crippen molar-refractivity contribution in [1.29, 1.82) is 0 Å². The third-order valence-electron chi connectivity index (χ3n) is 5.16. The van der Waals surface area contributed by atoms with E-state index in [-0.39, 0.29) is 17.7 Å². The average Bonchev–Trinajstić information content (AvgIpc) is 3.05. The quantitative estimate of drug-likeness (QED) is 0.609. The summed E-state index contributed by atoms with van der Waals surface area (Å²) in [5, 5.41) is 11.9. The van der Waals surface area contributed by atoms with Crippen molar-refractivity contribution >= 4 is 17.8 Å². The molecule has 1 saturated heterocycles. The Labute approximate surface area is 144 Å². The molecule has 1 heterocycles. The summed E-state index contributed by atoms with van der Waals surface area (Å²) in [6, 6.07) is -2.20. The minimum Gasteiger partial charge on any atom is -0.480 e. The summed E-state index contributed by atoms with van der Waals surface area (Å²) in [5.41, 5.74) is 6.02. The third kappa shape index (κ3) is 4.69. The first-order chi connectivity index (χ1) is 11.2. The van der Waals surface area contributed by atoms with Crippen LogP contribution < -0.4 is 11.1 Å². The standard InChI is InChI=1S/C17H31N3O4/c1-5-10(3)13(18)16(22)20-9-7-8-12(20)15(21)19-14(17(23)24)11(4)6-2/h10-14H,5-9,18H2,1-4H3,(H,19,21)(H,23,24)/t10-,11-,12+,13+,14+/m1/s1. The summed E-state index contributed by atoms with van der Waals surface area (Å²) in [6.07, 6.45) is 2.69. The zero-order valence-corrected chi connectivity index (χ0v) is 15.1. The van der Waals surface area contributed by atoms with Gasteiger partial charge in [-0.3, -0.25) is 9.59 Å². The Morgan fingerprint density at radius 2 is 1.79 bits per heavy atom. The summed E-state index contributed by atoms with van der Waals surface area (Å²) in [6.45, 7) is 8.04. The Balaban J connectivity index is 2.82. The average molecular weight is 341 g/mol. The van der Waals surface area contributed by atoms with E-state index in [1.54, 1.807) is 6.92 Å². The molecular weight excluding hydrogens is 310 g/mol. The van der Waals surface area contributed by atoms with Gasteiger partial charge in [0.2, 0.25) is 11.8 Å². The molecule has 0 radical (unpaired) electrons. The first-order valence-electron chi connectivity index (χ1n) is 8.83. The Bertz CT molecular complexity index is 469. The molecule has 7 nitrogen and oxygen atoms in total. The molecule has 1 fully saturated rings. The van der Waals surface area contributed by atoms with E-state index in [0.29, 0.717) is 19.4 Å². The zero-order chi connectivity index (χ0) is 18.4. The van der Waals surface area contributed by atoms with Gasteiger partial charge in [0.25, 0.3) is 0 Å². The first-order valence-corrected chi connectivity index (χ1v) is 8.83. The Hall–Kier alpha value is -1.63. The number of aliphatic carboxylic acids is 1. The van der Waals surface area contributed by atoms with Crippen LogP contribution in [0.2, 0.25) is 0 Å². The van der Waals surface area contributed by atoms with Crippen LogP contribution in [0, 0.1) is 11.8 Å². The van der Waals surface area contributed by atoms with Crippen LogP contribution in [0.1, 0.15) is 53.4 Å². The monoisotopic (exact) mass is 341 g/mol. The van der Waals surface area contributed by atoms with E-state index in [0.717, 1.165) is 12.8 Å². The predicted octanol–water partition coefficient (Wildman–Crippen LogP) is 0.966. The maximum Gasteiger partial charge on any atom is 0.326 e. The second-order valence-electron chi connectivity index (χ2n) is 6.81. The fraction of sp³-hybridized carbons (Fsp3) is 0.824. The van der Waals surface area contributed by atoms with E-state index >= 15 is 0 Å². The van der Waals surface area contributed by atoms with Crippen LogP contribution in [0.4, 0.5) is 0 Å². The van der Waals surface area contributed by atoms with Crippen molar-refractivity contribution < 1.29 is 19.5 Å². The second kappa shape index (κ2) is 9.01. The maximum atomic E-state index is 12.6. The van der Waals surface area contributed by atoms with Gasteiger partial charge in [0.05, 0.1) is 6.04 Å². The van der Waals surface area contributed by atoms with Gasteiger partial charge in [-0.05, 0) is 24.7 Å². The molecule has 5 atom stereocenters. The van der Waals surface area contributed by atoms with Gasteiger partial charge in [-0.1, -0.05) is 40.5 Å². The van der Waals surface area contributed by atoms with E-state index in [4.69, 9.17) is 5.73 Å². The SMILES string of the molecule is CC[C@@H](C)[C@H](N)C(=O)N1CCC[C@H]1C(=O)N[C@H](C(=O)O)[C@H](C)CC. The number of carboxylic acid groups (broad SMARTS) is 1. The van der Waals surface area contributed by atoms with Gasteiger partial charge >= 0.3 is 5.97 Å². The molecule has 2 amide bonds. The zero-order valence-electron chi connectivity index (χ0n) is 15.1. The lowest BCUT2D eigenvalue weighted by Crippen LogP contribution is -2.55. The number of likely N-dealkylation sites (tertiary alicyclic amines) is 1. The Morgan fingerprint density at radius 3 is 2.29 bits per heavy atom. The van der Waals surface area contributed by atoms with Gasteiger partial charge in [0.1, 0.15) is 12.1 Å². The molecule has 1 aliphatic heterocycles. The third-order valence-corrected chi connectivity index (χ3v) is 5.16. The first kappa shape index (κ1) is 20.4. The summed E-state index contributed by atoms with van der Waals surface area (Å²) in [5.74, 6) is -1.82. The van der Waals surface area contributed by atoms with Crippen molar-refractivity contribution in [3.63, 3.8) is 0 Å². The summed E-state index contributed by atoms with van der Waals surface area (Å²) in [7, 11) is 0. The smallest absolute Gasteiger partial charge is 0.326 e. The Kier molecular flexibility index (Phi) is 7.66. The molecule has 0 bridgehead atoms. The highest BCUT2D eigenvalue weighted by atomic mass is 16.4. The molecular formula is C17H31N3O4. The normalized spacial score (nSPS) is 22.5. The molecule has 24 heavy (non-hydrogen) atoms. The predicted molar refractivity (Wildman–Crippen MR) is 91.2 cm³/mol. The van der Waals surface area contributed by atoms with Gasteiger partial charge in [-0.25, -0.2) is 4.79 Å². The van der Waals surface area contributed by atoms with Gasteiger partial charge in [-0.2, -0.15) is 0 Å². The number of hydrogen-bond acceptors (Lipinski definition) is 4. The van der Waals surface area contributed by atoms with E-state index in [1.165, 1.54) is 4.90 Å². The van der Waals surface area contributed by atoms with E-state index in [9.17, 15) is 19.5 Å². The molecule has 138 valence electrons. The van der Waals surface area contributed by atoms with Crippen molar-refractivity contribution in [3.8, 4) is 0 Å². The van der Waals surface area contributed by atoms with Crippen LogP contribution in [0.25, 0.3) is 0 Å². The van der Waals surface area contributed by atoms with Crippen LogP contribution in [-0.4, -0.2) is 52.5 Å². The minimum absolute atomic E-state index is 0.0358. The largest absolute Gasteiger partial charge is 0.480 e. The van der Waals surface area contributed by atoms with Crippen LogP contribution in [0.15, 0.2) is 0 Å². The highest BCUT2D eigenvalue weighted by Gasteiger charge is 2.38. The molecule has 0 aromatic heterocycles. The summed E-state index contributed by atoms with van der Waals surface area (Å²) >= 11 is 0. The lowest BCUT2D eigenvalue weighted by atomic mass is 9.97. The van der Waals surface area contributed by atoms with Crippen molar-refractivity contribution in [1.82, 2.24) is 10.2 Å². The molecule has 4 N–H and O–H groups in total. The maximum absolute atomic E-state index is 12.6. The number of carbonyl (C=O) groups is 3.